The number of benzene rings is 1. The number of alkyl halides is 3. The topological polar surface area (TPSA) is 80.0 Å². The van der Waals surface area contributed by atoms with Crippen LogP contribution in [0, 0.1) is 0 Å². The SMILES string of the molecule is NC(=Nc1cccc(C(F)(F)F)c1)/N=C(/N)N1CC=CC1. The molecule has 1 aromatic carbocycles. The zero-order chi connectivity index (χ0) is 15.5. The Morgan fingerprint density at radius 2 is 1.81 bits per heavy atom. The summed E-state index contributed by atoms with van der Waals surface area (Å²) in [5.41, 5.74) is 10.6. The minimum Gasteiger partial charge on any atom is -0.369 e. The molecule has 0 radical (unpaired) electrons. The van der Waals surface area contributed by atoms with Crippen LogP contribution < -0.4 is 11.5 Å². The Kier molecular flexibility index (Phi) is 4.15. The molecule has 0 aliphatic carbocycles. The van der Waals surface area contributed by atoms with Crippen molar-refractivity contribution in [2.75, 3.05) is 13.1 Å². The van der Waals surface area contributed by atoms with Gasteiger partial charge in [-0.2, -0.15) is 18.2 Å². The van der Waals surface area contributed by atoms with Gasteiger partial charge in [0.25, 0.3) is 0 Å². The molecule has 1 aliphatic rings. The summed E-state index contributed by atoms with van der Waals surface area (Å²) in [6, 6.07) is 4.52. The Bertz CT molecular complexity index is 596. The molecule has 5 nitrogen and oxygen atoms in total. The summed E-state index contributed by atoms with van der Waals surface area (Å²) in [4.78, 5) is 9.44. The van der Waals surface area contributed by atoms with Crippen LogP contribution in [0.4, 0.5) is 18.9 Å². The fourth-order valence-electron chi connectivity index (χ4n) is 1.76. The highest BCUT2D eigenvalue weighted by Gasteiger charge is 2.30. The molecule has 0 saturated carbocycles. The molecule has 1 aromatic rings. The van der Waals surface area contributed by atoms with Crippen molar-refractivity contribution in [2.45, 2.75) is 6.18 Å². The summed E-state index contributed by atoms with van der Waals surface area (Å²) in [7, 11) is 0. The smallest absolute Gasteiger partial charge is 0.369 e. The van der Waals surface area contributed by atoms with Gasteiger partial charge in [-0.3, -0.25) is 0 Å². The number of guanidine groups is 2. The Hall–Kier alpha value is -2.51. The first-order chi connectivity index (χ1) is 9.86. The zero-order valence-electron chi connectivity index (χ0n) is 11.0. The van der Waals surface area contributed by atoms with Crippen LogP contribution in [0.3, 0.4) is 0 Å². The Balaban J connectivity index is 2.17. The molecule has 21 heavy (non-hydrogen) atoms. The molecule has 0 saturated heterocycles. The van der Waals surface area contributed by atoms with Crippen LogP contribution in [0.5, 0.6) is 0 Å². The third-order valence-electron chi connectivity index (χ3n) is 2.79. The van der Waals surface area contributed by atoms with E-state index in [1.54, 1.807) is 4.90 Å². The van der Waals surface area contributed by atoms with Gasteiger partial charge in [0, 0.05) is 13.1 Å². The zero-order valence-corrected chi connectivity index (χ0v) is 11.0. The fraction of sp³-hybridized carbons (Fsp3) is 0.231. The third kappa shape index (κ3) is 3.98. The minimum absolute atomic E-state index is 0.0680. The van der Waals surface area contributed by atoms with E-state index in [2.05, 4.69) is 9.98 Å². The summed E-state index contributed by atoms with van der Waals surface area (Å²) in [6.45, 7) is 1.23. The highest BCUT2D eigenvalue weighted by Crippen LogP contribution is 2.31. The van der Waals surface area contributed by atoms with Crippen molar-refractivity contribution in [3.63, 3.8) is 0 Å². The number of aliphatic imine (C=N–C) groups is 2. The van der Waals surface area contributed by atoms with Crippen molar-refractivity contribution >= 4 is 17.6 Å². The van der Waals surface area contributed by atoms with Crippen molar-refractivity contribution in [3.8, 4) is 0 Å². The maximum atomic E-state index is 12.6. The number of rotatable bonds is 1. The molecule has 0 unspecified atom stereocenters. The monoisotopic (exact) mass is 297 g/mol. The average Bonchev–Trinajstić information content (AvgIpc) is 2.91. The summed E-state index contributed by atoms with van der Waals surface area (Å²) >= 11 is 0. The highest BCUT2D eigenvalue weighted by molar-refractivity contribution is 5.94. The molecule has 0 amide bonds. The molecule has 2 rings (SSSR count). The maximum absolute atomic E-state index is 12.6. The van der Waals surface area contributed by atoms with Crippen LogP contribution in [0.15, 0.2) is 46.4 Å². The predicted octanol–water partition coefficient (Wildman–Crippen LogP) is 1.84. The molecule has 0 fully saturated rings. The van der Waals surface area contributed by atoms with Gasteiger partial charge in [0.1, 0.15) is 0 Å². The first-order valence-electron chi connectivity index (χ1n) is 6.12. The number of hydrogen-bond acceptors (Lipinski definition) is 1. The number of hydrogen-bond donors (Lipinski definition) is 2. The van der Waals surface area contributed by atoms with E-state index in [0.29, 0.717) is 13.1 Å². The lowest BCUT2D eigenvalue weighted by Crippen LogP contribution is -2.36. The van der Waals surface area contributed by atoms with E-state index in [4.69, 9.17) is 11.5 Å². The van der Waals surface area contributed by atoms with E-state index < -0.39 is 11.7 Å². The van der Waals surface area contributed by atoms with Crippen molar-refractivity contribution in [3.05, 3.63) is 42.0 Å². The van der Waals surface area contributed by atoms with Crippen LogP contribution in [0.1, 0.15) is 5.56 Å². The Morgan fingerprint density at radius 3 is 2.43 bits per heavy atom. The molecule has 1 heterocycles. The number of nitrogens with two attached hydrogens (primary N) is 2. The lowest BCUT2D eigenvalue weighted by atomic mass is 10.2. The van der Waals surface area contributed by atoms with Gasteiger partial charge in [0.2, 0.25) is 5.96 Å². The van der Waals surface area contributed by atoms with Crippen LogP contribution in [-0.4, -0.2) is 29.9 Å². The molecular formula is C13H14F3N5. The van der Waals surface area contributed by atoms with Crippen molar-refractivity contribution in [1.82, 2.24) is 4.90 Å². The molecule has 4 N–H and O–H groups in total. The van der Waals surface area contributed by atoms with Gasteiger partial charge >= 0.3 is 6.18 Å². The maximum Gasteiger partial charge on any atom is 0.416 e. The van der Waals surface area contributed by atoms with E-state index in [-0.39, 0.29) is 17.6 Å². The van der Waals surface area contributed by atoms with E-state index in [0.717, 1.165) is 12.1 Å². The average molecular weight is 297 g/mol. The Labute approximate surface area is 119 Å². The minimum atomic E-state index is -4.43. The van der Waals surface area contributed by atoms with Gasteiger partial charge in [-0.05, 0) is 18.2 Å². The molecule has 0 aromatic heterocycles. The Morgan fingerprint density at radius 1 is 1.14 bits per heavy atom. The fourth-order valence-corrected chi connectivity index (χ4v) is 1.76. The molecule has 0 bridgehead atoms. The second-order valence-electron chi connectivity index (χ2n) is 4.36. The number of halogens is 3. The van der Waals surface area contributed by atoms with Gasteiger partial charge in [-0.1, -0.05) is 18.2 Å². The van der Waals surface area contributed by atoms with Gasteiger partial charge in [0.15, 0.2) is 5.96 Å². The summed E-state index contributed by atoms with van der Waals surface area (Å²) in [5, 5.41) is 0. The lowest BCUT2D eigenvalue weighted by molar-refractivity contribution is -0.137. The highest BCUT2D eigenvalue weighted by atomic mass is 19.4. The number of nitrogens with zero attached hydrogens (tertiary/aromatic N) is 3. The van der Waals surface area contributed by atoms with Crippen LogP contribution in [0.2, 0.25) is 0 Å². The summed E-state index contributed by atoms with van der Waals surface area (Å²) in [5.74, 6) is -0.0213. The van der Waals surface area contributed by atoms with Crippen molar-refractivity contribution < 1.29 is 13.2 Å². The molecule has 1 aliphatic heterocycles. The van der Waals surface area contributed by atoms with Crippen LogP contribution in [-0.2, 0) is 6.18 Å². The predicted molar refractivity (Wildman–Crippen MR) is 75.1 cm³/mol. The molecule has 112 valence electrons. The van der Waals surface area contributed by atoms with Gasteiger partial charge < -0.3 is 16.4 Å². The standard InChI is InChI=1S/C13H14F3N5/c14-13(15,16)9-4-3-5-10(8-9)19-11(17)20-12(18)21-6-1-2-7-21/h1-5,8H,6-7H2,(H4,17,18,19,20). The molecule has 8 heteroatoms. The van der Waals surface area contributed by atoms with Gasteiger partial charge in [-0.15, -0.1) is 0 Å². The summed E-state index contributed by atoms with van der Waals surface area (Å²) in [6.07, 6.45) is -0.588. The molecular weight excluding hydrogens is 283 g/mol. The second-order valence-corrected chi connectivity index (χ2v) is 4.36. The normalized spacial score (nSPS) is 16.6. The molecule has 0 spiro atoms. The van der Waals surface area contributed by atoms with Crippen LogP contribution in [0.25, 0.3) is 0 Å². The second kappa shape index (κ2) is 5.86. The summed E-state index contributed by atoms with van der Waals surface area (Å²) < 4.78 is 37.7. The quantitative estimate of drug-likeness (QED) is 0.471. The van der Waals surface area contributed by atoms with E-state index >= 15 is 0 Å². The lowest BCUT2D eigenvalue weighted by Gasteiger charge is -2.15. The van der Waals surface area contributed by atoms with Crippen LogP contribution >= 0.6 is 0 Å². The first kappa shape index (κ1) is 14.9. The van der Waals surface area contributed by atoms with Crippen molar-refractivity contribution in [1.29, 1.82) is 0 Å². The van der Waals surface area contributed by atoms with Gasteiger partial charge in [-0.25, -0.2) is 4.99 Å². The van der Waals surface area contributed by atoms with E-state index in [1.165, 1.54) is 12.1 Å². The van der Waals surface area contributed by atoms with Gasteiger partial charge in [0.05, 0.1) is 11.3 Å². The largest absolute Gasteiger partial charge is 0.416 e. The van der Waals surface area contributed by atoms with E-state index in [9.17, 15) is 13.2 Å². The molecule has 0 atom stereocenters. The first-order valence-corrected chi connectivity index (χ1v) is 6.12. The van der Waals surface area contributed by atoms with E-state index in [1.807, 2.05) is 12.2 Å². The third-order valence-corrected chi connectivity index (χ3v) is 2.79. The van der Waals surface area contributed by atoms with Crippen molar-refractivity contribution in [2.24, 2.45) is 21.5 Å².